The van der Waals surface area contributed by atoms with Gasteiger partial charge >= 0.3 is 0 Å². The van der Waals surface area contributed by atoms with Gasteiger partial charge in [0.25, 0.3) is 0 Å². The Kier molecular flexibility index (Phi) is 5.39. The minimum Gasteiger partial charge on any atom is -0.444 e. The number of rotatable bonds is 6. The van der Waals surface area contributed by atoms with Crippen LogP contribution in [-0.2, 0) is 5.75 Å². The summed E-state index contributed by atoms with van der Waals surface area (Å²) in [6, 6.07) is 17.1. The van der Waals surface area contributed by atoms with Gasteiger partial charge in [-0.05, 0) is 17.7 Å². The van der Waals surface area contributed by atoms with Crippen molar-refractivity contribution in [1.29, 1.82) is 0 Å². The maximum atomic E-state index is 10.1. The Hall–Kier alpha value is -1.75. The maximum absolute atomic E-state index is 10.1. The number of aliphatic hydroxyl groups excluding tert-OH is 1. The Morgan fingerprint density at radius 3 is 2.61 bits per heavy atom. The summed E-state index contributed by atoms with van der Waals surface area (Å²) in [6.45, 7) is 0. The zero-order valence-electron chi connectivity index (χ0n) is 12.4. The van der Waals surface area contributed by atoms with Gasteiger partial charge in [0.15, 0.2) is 0 Å². The third kappa shape index (κ3) is 4.16. The molecule has 0 spiro atoms. The molecule has 0 amide bonds. The number of aromatic nitrogens is 1. The van der Waals surface area contributed by atoms with Crippen LogP contribution in [0, 0.1) is 0 Å². The van der Waals surface area contributed by atoms with Crippen molar-refractivity contribution < 1.29 is 9.52 Å². The van der Waals surface area contributed by atoms with E-state index in [4.69, 9.17) is 16.0 Å². The molecule has 3 rings (SSSR count). The lowest BCUT2D eigenvalue weighted by Crippen LogP contribution is -2.00. The topological polar surface area (TPSA) is 46.3 Å². The summed E-state index contributed by atoms with van der Waals surface area (Å²) in [7, 11) is 0. The Morgan fingerprint density at radius 2 is 1.83 bits per heavy atom. The monoisotopic (exact) mass is 345 g/mol. The largest absolute Gasteiger partial charge is 0.444 e. The highest BCUT2D eigenvalue weighted by Gasteiger charge is 2.11. The van der Waals surface area contributed by atoms with Crippen molar-refractivity contribution in [2.75, 3.05) is 5.75 Å². The average molecular weight is 346 g/mol. The molecule has 118 valence electrons. The summed E-state index contributed by atoms with van der Waals surface area (Å²) < 4.78 is 5.50. The first-order valence-electron chi connectivity index (χ1n) is 7.24. The predicted octanol–water partition coefficient (Wildman–Crippen LogP) is 4.96. The van der Waals surface area contributed by atoms with E-state index in [-0.39, 0.29) is 0 Å². The van der Waals surface area contributed by atoms with Crippen LogP contribution in [0.1, 0.15) is 17.4 Å². The fourth-order valence-corrected chi connectivity index (χ4v) is 3.27. The van der Waals surface area contributed by atoms with Crippen molar-refractivity contribution in [2.45, 2.75) is 11.9 Å². The third-order valence-corrected chi connectivity index (χ3v) is 4.75. The third-order valence-electron chi connectivity index (χ3n) is 3.37. The van der Waals surface area contributed by atoms with Gasteiger partial charge < -0.3 is 9.52 Å². The normalized spacial score (nSPS) is 12.3. The molecule has 1 N–H and O–H groups in total. The van der Waals surface area contributed by atoms with E-state index in [1.165, 1.54) is 0 Å². The average Bonchev–Trinajstić information content (AvgIpc) is 3.04. The molecule has 23 heavy (non-hydrogen) atoms. The molecule has 0 saturated carbocycles. The highest BCUT2D eigenvalue weighted by Crippen LogP contribution is 2.28. The molecular weight excluding hydrogens is 330 g/mol. The lowest BCUT2D eigenvalue weighted by atomic mass is 10.1. The Morgan fingerprint density at radius 1 is 1.09 bits per heavy atom. The number of aliphatic hydroxyl groups is 1. The first-order chi connectivity index (χ1) is 11.2. The predicted molar refractivity (Wildman–Crippen MR) is 94.5 cm³/mol. The second kappa shape index (κ2) is 7.68. The summed E-state index contributed by atoms with van der Waals surface area (Å²) >= 11 is 7.76. The van der Waals surface area contributed by atoms with E-state index in [0.29, 0.717) is 22.4 Å². The van der Waals surface area contributed by atoms with Crippen LogP contribution in [0.3, 0.4) is 0 Å². The van der Waals surface area contributed by atoms with Crippen LogP contribution in [0.2, 0.25) is 5.02 Å². The van der Waals surface area contributed by atoms with E-state index in [0.717, 1.165) is 16.8 Å². The lowest BCUT2D eigenvalue weighted by Gasteiger charge is -2.09. The zero-order chi connectivity index (χ0) is 16.1. The zero-order valence-corrected chi connectivity index (χ0v) is 13.9. The Labute approximate surface area is 144 Å². The second-order valence-electron chi connectivity index (χ2n) is 5.07. The number of hydrogen-bond donors (Lipinski definition) is 1. The first kappa shape index (κ1) is 16.1. The van der Waals surface area contributed by atoms with Gasteiger partial charge in [-0.15, -0.1) is 0 Å². The van der Waals surface area contributed by atoms with Gasteiger partial charge in [-0.25, -0.2) is 4.98 Å². The van der Waals surface area contributed by atoms with Crippen molar-refractivity contribution in [3.05, 3.63) is 77.1 Å². The number of benzene rings is 2. The molecule has 2 aromatic carbocycles. The molecule has 5 heteroatoms. The summed E-state index contributed by atoms with van der Waals surface area (Å²) in [5.74, 6) is 1.81. The molecule has 3 nitrogen and oxygen atoms in total. The highest BCUT2D eigenvalue weighted by molar-refractivity contribution is 7.98. The highest BCUT2D eigenvalue weighted by atomic mass is 35.5. The molecule has 0 unspecified atom stereocenters. The first-order valence-corrected chi connectivity index (χ1v) is 8.77. The van der Waals surface area contributed by atoms with Crippen LogP contribution in [0.15, 0.2) is 65.3 Å². The molecule has 3 aromatic rings. The van der Waals surface area contributed by atoms with Crippen LogP contribution < -0.4 is 0 Å². The van der Waals surface area contributed by atoms with Gasteiger partial charge in [-0.2, -0.15) is 11.8 Å². The molecule has 0 aliphatic rings. The lowest BCUT2D eigenvalue weighted by molar-refractivity contribution is 0.204. The molecule has 0 bridgehead atoms. The van der Waals surface area contributed by atoms with Gasteiger partial charge in [0.05, 0.1) is 22.4 Å². The summed E-state index contributed by atoms with van der Waals surface area (Å²) in [5.41, 5.74) is 2.55. The summed E-state index contributed by atoms with van der Waals surface area (Å²) in [6.07, 6.45) is 1.16. The molecular formula is C18H16ClNO2S. The van der Waals surface area contributed by atoms with E-state index in [1.54, 1.807) is 18.0 Å². The quantitative estimate of drug-likeness (QED) is 0.685. The molecule has 0 radical (unpaired) electrons. The fraction of sp³-hybridized carbons (Fsp3) is 0.167. The van der Waals surface area contributed by atoms with E-state index >= 15 is 0 Å². The molecule has 0 saturated heterocycles. The molecule has 1 heterocycles. The van der Waals surface area contributed by atoms with Crippen molar-refractivity contribution in [3.63, 3.8) is 0 Å². The van der Waals surface area contributed by atoms with E-state index < -0.39 is 6.10 Å². The Balaban J connectivity index is 1.57. The minimum atomic E-state index is -0.476. The smallest absolute Gasteiger partial charge is 0.227 e. The van der Waals surface area contributed by atoms with Crippen LogP contribution in [0.25, 0.3) is 11.5 Å². The number of hydrogen-bond acceptors (Lipinski definition) is 4. The molecule has 0 aliphatic carbocycles. The van der Waals surface area contributed by atoms with Crippen molar-refractivity contribution in [1.82, 2.24) is 4.98 Å². The number of halogens is 1. The number of nitrogens with zero attached hydrogens (tertiary/aromatic N) is 1. The van der Waals surface area contributed by atoms with Gasteiger partial charge in [0.1, 0.15) is 6.26 Å². The van der Waals surface area contributed by atoms with Crippen molar-refractivity contribution in [3.8, 4) is 11.5 Å². The van der Waals surface area contributed by atoms with Crippen LogP contribution in [-0.4, -0.2) is 15.8 Å². The number of thioether (sulfide) groups is 1. The standard InChI is InChI=1S/C18H16ClNO2S/c19-16-9-5-4-8-15(16)18-20-14(10-22-18)11-23-12-17(21)13-6-2-1-3-7-13/h1-10,17,21H,11-12H2/t17-/m1/s1. The molecule has 1 atom stereocenters. The summed E-state index contributed by atoms with van der Waals surface area (Å²) in [5, 5.41) is 10.8. The molecule has 0 fully saturated rings. The summed E-state index contributed by atoms with van der Waals surface area (Å²) in [4.78, 5) is 4.46. The molecule has 1 aromatic heterocycles. The van der Waals surface area contributed by atoms with E-state index in [9.17, 15) is 5.11 Å². The molecule has 0 aliphatic heterocycles. The van der Waals surface area contributed by atoms with Crippen molar-refractivity contribution in [2.24, 2.45) is 0 Å². The van der Waals surface area contributed by atoms with Gasteiger partial charge in [0, 0.05) is 11.5 Å². The van der Waals surface area contributed by atoms with E-state index in [1.807, 2.05) is 54.6 Å². The fourth-order valence-electron chi connectivity index (χ4n) is 2.18. The Bertz CT molecular complexity index is 760. The maximum Gasteiger partial charge on any atom is 0.227 e. The number of oxazole rings is 1. The van der Waals surface area contributed by atoms with Crippen molar-refractivity contribution >= 4 is 23.4 Å². The van der Waals surface area contributed by atoms with Crippen LogP contribution >= 0.6 is 23.4 Å². The van der Waals surface area contributed by atoms with Gasteiger partial charge in [-0.1, -0.05) is 54.1 Å². The minimum absolute atomic E-state index is 0.476. The van der Waals surface area contributed by atoms with E-state index in [2.05, 4.69) is 4.98 Å². The SMILES string of the molecule is O[C@H](CSCc1coc(-c2ccccc2Cl)n1)c1ccccc1. The van der Waals surface area contributed by atoms with Crippen LogP contribution in [0.5, 0.6) is 0 Å². The van der Waals surface area contributed by atoms with Gasteiger partial charge in [-0.3, -0.25) is 0 Å². The van der Waals surface area contributed by atoms with Crippen LogP contribution in [0.4, 0.5) is 0 Å². The second-order valence-corrected chi connectivity index (χ2v) is 6.50. The van der Waals surface area contributed by atoms with Gasteiger partial charge in [0.2, 0.25) is 5.89 Å².